The maximum Gasteiger partial charge on any atom is 0.191 e. The summed E-state index contributed by atoms with van der Waals surface area (Å²) in [6.45, 7) is 9.45. The van der Waals surface area contributed by atoms with Crippen LogP contribution in [-0.2, 0) is 13.5 Å². The van der Waals surface area contributed by atoms with Crippen LogP contribution in [0.15, 0.2) is 35.3 Å². The molecule has 1 aromatic heterocycles. The van der Waals surface area contributed by atoms with Gasteiger partial charge in [0.1, 0.15) is 0 Å². The molecule has 6 heteroatoms. The van der Waals surface area contributed by atoms with E-state index >= 15 is 0 Å². The van der Waals surface area contributed by atoms with Crippen LogP contribution in [0.25, 0.3) is 0 Å². The topological polar surface area (TPSA) is 54.2 Å². The number of hydrogen-bond acceptors (Lipinski definition) is 2. The van der Waals surface area contributed by atoms with Crippen LogP contribution in [-0.4, -0.2) is 35.4 Å². The summed E-state index contributed by atoms with van der Waals surface area (Å²) in [6.07, 6.45) is 0.931. The Balaban J connectivity index is 0.00000338. The van der Waals surface area contributed by atoms with E-state index in [1.807, 2.05) is 24.8 Å². The van der Waals surface area contributed by atoms with Crippen LogP contribution >= 0.6 is 24.0 Å². The molecule has 0 saturated carbocycles. The molecule has 0 bridgehead atoms. The zero-order valence-corrected chi connectivity index (χ0v) is 19.0. The molecule has 0 aliphatic heterocycles. The Morgan fingerprint density at radius 3 is 2.38 bits per heavy atom. The van der Waals surface area contributed by atoms with Crippen molar-refractivity contribution >= 4 is 29.9 Å². The molecule has 0 aliphatic rings. The van der Waals surface area contributed by atoms with Crippen molar-refractivity contribution in [3.63, 3.8) is 0 Å². The van der Waals surface area contributed by atoms with Crippen molar-refractivity contribution in [3.05, 3.63) is 52.8 Å². The van der Waals surface area contributed by atoms with Crippen LogP contribution in [0.2, 0.25) is 0 Å². The Kier molecular flexibility index (Phi) is 9.12. The minimum absolute atomic E-state index is 0. The lowest BCUT2D eigenvalue weighted by molar-refractivity contribution is 0.624. The van der Waals surface area contributed by atoms with Gasteiger partial charge in [-0.3, -0.25) is 9.67 Å². The van der Waals surface area contributed by atoms with Crippen LogP contribution in [0.5, 0.6) is 0 Å². The average Bonchev–Trinajstić information content (AvgIpc) is 2.85. The molecule has 26 heavy (non-hydrogen) atoms. The molecule has 2 atom stereocenters. The van der Waals surface area contributed by atoms with Gasteiger partial charge >= 0.3 is 0 Å². The van der Waals surface area contributed by atoms with Crippen molar-refractivity contribution in [3.8, 4) is 0 Å². The van der Waals surface area contributed by atoms with Gasteiger partial charge in [0, 0.05) is 32.4 Å². The first-order valence-electron chi connectivity index (χ1n) is 8.93. The fraction of sp³-hybridized carbons (Fsp3) is 0.500. The van der Waals surface area contributed by atoms with Gasteiger partial charge in [0.15, 0.2) is 5.96 Å². The Morgan fingerprint density at radius 1 is 1.19 bits per heavy atom. The maximum absolute atomic E-state index is 4.50. The van der Waals surface area contributed by atoms with Crippen molar-refractivity contribution in [2.75, 3.05) is 13.6 Å². The standard InChI is InChI=1S/C20H31N5.HI/c1-14(18-10-8-7-9-11-18)13-22-20(21-5)23-15(2)12-19-16(3)24-25(6)17(19)4;/h7-11,14-15H,12-13H2,1-6H3,(H2,21,22,23);1H. The van der Waals surface area contributed by atoms with Gasteiger partial charge in [-0.15, -0.1) is 24.0 Å². The number of hydrogen-bond donors (Lipinski definition) is 2. The number of rotatable bonds is 6. The molecule has 0 saturated heterocycles. The lowest BCUT2D eigenvalue weighted by Gasteiger charge is -2.20. The highest BCUT2D eigenvalue weighted by atomic mass is 127. The molecule has 2 unspecified atom stereocenters. The Labute approximate surface area is 174 Å². The number of benzene rings is 1. The number of nitrogens with one attached hydrogen (secondary N) is 2. The minimum atomic E-state index is 0. The molecule has 2 rings (SSSR count). The number of nitrogens with zero attached hydrogens (tertiary/aromatic N) is 3. The molecule has 0 fully saturated rings. The molecule has 0 amide bonds. The summed E-state index contributed by atoms with van der Waals surface area (Å²) >= 11 is 0. The summed E-state index contributed by atoms with van der Waals surface area (Å²) in [6, 6.07) is 10.8. The van der Waals surface area contributed by atoms with Crippen molar-refractivity contribution in [2.24, 2.45) is 12.0 Å². The molecule has 0 radical (unpaired) electrons. The van der Waals surface area contributed by atoms with Gasteiger partial charge in [-0.05, 0) is 44.2 Å². The molecular weight excluding hydrogens is 437 g/mol. The molecule has 2 N–H and O–H groups in total. The third-order valence-electron chi connectivity index (χ3n) is 4.72. The van der Waals surface area contributed by atoms with Gasteiger partial charge in [0.05, 0.1) is 5.69 Å². The van der Waals surface area contributed by atoms with E-state index in [4.69, 9.17) is 0 Å². The Bertz CT molecular complexity index is 708. The lowest BCUT2D eigenvalue weighted by Crippen LogP contribution is -2.44. The summed E-state index contributed by atoms with van der Waals surface area (Å²) in [5, 5.41) is 11.4. The fourth-order valence-corrected chi connectivity index (χ4v) is 3.05. The van der Waals surface area contributed by atoms with E-state index in [-0.39, 0.29) is 30.0 Å². The minimum Gasteiger partial charge on any atom is -0.356 e. The van der Waals surface area contributed by atoms with E-state index in [1.165, 1.54) is 16.8 Å². The normalized spacial score (nSPS) is 13.7. The smallest absolute Gasteiger partial charge is 0.191 e. The molecular formula is C20H32IN5. The highest BCUT2D eigenvalue weighted by molar-refractivity contribution is 14.0. The average molecular weight is 469 g/mol. The van der Waals surface area contributed by atoms with Gasteiger partial charge in [-0.1, -0.05) is 37.3 Å². The van der Waals surface area contributed by atoms with Gasteiger partial charge in [0.2, 0.25) is 0 Å². The number of aryl methyl sites for hydroxylation is 2. The van der Waals surface area contributed by atoms with Crippen LogP contribution < -0.4 is 10.6 Å². The van der Waals surface area contributed by atoms with E-state index in [9.17, 15) is 0 Å². The third-order valence-corrected chi connectivity index (χ3v) is 4.72. The van der Waals surface area contributed by atoms with Crippen LogP contribution in [0.1, 0.15) is 42.3 Å². The SMILES string of the molecule is CN=C(NCC(C)c1ccccc1)NC(C)Cc1c(C)nn(C)c1C.I. The summed E-state index contributed by atoms with van der Waals surface area (Å²) in [4.78, 5) is 4.36. The highest BCUT2D eigenvalue weighted by Crippen LogP contribution is 2.15. The highest BCUT2D eigenvalue weighted by Gasteiger charge is 2.14. The summed E-state index contributed by atoms with van der Waals surface area (Å²) < 4.78 is 1.95. The zero-order valence-electron chi connectivity index (χ0n) is 16.7. The van der Waals surface area contributed by atoms with Gasteiger partial charge in [-0.2, -0.15) is 5.10 Å². The molecule has 0 aliphatic carbocycles. The molecule has 0 spiro atoms. The second kappa shape index (κ2) is 10.5. The van der Waals surface area contributed by atoms with Gasteiger partial charge in [0.25, 0.3) is 0 Å². The predicted octanol–water partition coefficient (Wildman–Crippen LogP) is 3.55. The van der Waals surface area contributed by atoms with E-state index in [2.05, 4.69) is 72.7 Å². The summed E-state index contributed by atoms with van der Waals surface area (Å²) in [5.41, 5.74) is 4.98. The fourth-order valence-electron chi connectivity index (χ4n) is 3.05. The Hall–Kier alpha value is -1.57. The summed E-state index contributed by atoms with van der Waals surface area (Å²) in [7, 11) is 3.81. The van der Waals surface area contributed by atoms with E-state index in [1.54, 1.807) is 0 Å². The second-order valence-corrected chi connectivity index (χ2v) is 6.79. The number of aliphatic imine (C=N–C) groups is 1. The number of halogens is 1. The van der Waals surface area contributed by atoms with Crippen LogP contribution in [0, 0.1) is 13.8 Å². The van der Waals surface area contributed by atoms with E-state index in [0.29, 0.717) is 5.92 Å². The molecule has 144 valence electrons. The first kappa shape index (κ1) is 22.5. The van der Waals surface area contributed by atoms with E-state index < -0.39 is 0 Å². The van der Waals surface area contributed by atoms with Crippen molar-refractivity contribution in [1.82, 2.24) is 20.4 Å². The van der Waals surface area contributed by atoms with Gasteiger partial charge < -0.3 is 10.6 Å². The largest absolute Gasteiger partial charge is 0.356 e. The summed E-state index contributed by atoms with van der Waals surface area (Å²) in [5.74, 6) is 1.27. The second-order valence-electron chi connectivity index (χ2n) is 6.79. The first-order chi connectivity index (χ1) is 11.9. The van der Waals surface area contributed by atoms with Gasteiger partial charge in [-0.25, -0.2) is 0 Å². The molecule has 1 aromatic carbocycles. The number of aromatic nitrogens is 2. The van der Waals surface area contributed by atoms with E-state index in [0.717, 1.165) is 24.6 Å². The molecule has 5 nitrogen and oxygen atoms in total. The van der Waals surface area contributed by atoms with Crippen molar-refractivity contribution < 1.29 is 0 Å². The predicted molar refractivity (Wildman–Crippen MR) is 121 cm³/mol. The molecule has 1 heterocycles. The van der Waals surface area contributed by atoms with Crippen LogP contribution in [0.4, 0.5) is 0 Å². The lowest BCUT2D eigenvalue weighted by atomic mass is 10.0. The Morgan fingerprint density at radius 2 is 1.85 bits per heavy atom. The zero-order chi connectivity index (χ0) is 18.4. The monoisotopic (exact) mass is 469 g/mol. The quantitative estimate of drug-likeness (QED) is 0.387. The maximum atomic E-state index is 4.50. The van der Waals surface area contributed by atoms with Crippen molar-refractivity contribution in [1.29, 1.82) is 0 Å². The molecule has 2 aromatic rings. The first-order valence-corrected chi connectivity index (χ1v) is 8.93. The van der Waals surface area contributed by atoms with Crippen molar-refractivity contribution in [2.45, 2.75) is 46.1 Å². The number of guanidine groups is 1. The third kappa shape index (κ3) is 6.00. The van der Waals surface area contributed by atoms with Crippen LogP contribution in [0.3, 0.4) is 0 Å².